The first-order valence-electron chi connectivity index (χ1n) is 5.52. The molecular weight excluding hydrogens is 236 g/mol. The molecule has 0 aromatic carbocycles. The van der Waals surface area contributed by atoms with Gasteiger partial charge in [-0.15, -0.1) is 0 Å². The smallest absolute Gasteiger partial charge is 0.323 e. The number of aromatic nitrogens is 5. The summed E-state index contributed by atoms with van der Waals surface area (Å²) in [4.78, 5) is 16.5. The molecule has 0 spiro atoms. The van der Waals surface area contributed by atoms with E-state index in [9.17, 15) is 0 Å². The minimum atomic E-state index is 0.0211. The molecule has 0 aliphatic carbocycles. The molecule has 8 nitrogen and oxygen atoms in total. The zero-order chi connectivity index (χ0) is 12.4. The fourth-order valence-electron chi connectivity index (χ4n) is 1.43. The summed E-state index contributed by atoms with van der Waals surface area (Å²) < 4.78 is 12.3. The van der Waals surface area contributed by atoms with Gasteiger partial charge < -0.3 is 14.8 Å². The summed E-state index contributed by atoms with van der Waals surface area (Å²) in [5.41, 5.74) is 0. The van der Waals surface area contributed by atoms with Crippen LogP contribution in [0.3, 0.4) is 0 Å². The summed E-state index contributed by atoms with van der Waals surface area (Å²) in [6, 6.07) is 0.284. The third-order valence-corrected chi connectivity index (χ3v) is 2.44. The van der Waals surface area contributed by atoms with E-state index in [0.29, 0.717) is 25.1 Å². The molecule has 8 heteroatoms. The highest BCUT2D eigenvalue weighted by Crippen LogP contribution is 2.14. The molecule has 0 saturated carbocycles. The van der Waals surface area contributed by atoms with Crippen molar-refractivity contribution in [3.8, 4) is 12.0 Å². The monoisotopic (exact) mass is 248 g/mol. The van der Waals surface area contributed by atoms with Crippen LogP contribution in [0.4, 0.5) is 5.95 Å². The summed E-state index contributed by atoms with van der Waals surface area (Å²) in [6.07, 6.45) is 5.05. The molecule has 1 aliphatic rings. The van der Waals surface area contributed by atoms with Crippen LogP contribution in [0.5, 0.6) is 6.01 Å². The first-order valence-corrected chi connectivity index (χ1v) is 5.52. The molecule has 2 aromatic heterocycles. The second kappa shape index (κ2) is 4.57. The highest BCUT2D eigenvalue weighted by Gasteiger charge is 2.22. The van der Waals surface area contributed by atoms with Gasteiger partial charge in [0.15, 0.2) is 0 Å². The molecule has 3 rings (SSSR count). The SMILES string of the molecule is CNc1nc(OC2COC2)nc(-n2ccnc2)n1. The Morgan fingerprint density at radius 2 is 2.28 bits per heavy atom. The molecule has 2 aromatic rings. The third kappa shape index (κ3) is 2.09. The Labute approximate surface area is 103 Å². The van der Waals surface area contributed by atoms with Crippen LogP contribution in [-0.4, -0.2) is 50.9 Å². The van der Waals surface area contributed by atoms with Crippen molar-refractivity contribution in [1.29, 1.82) is 0 Å². The standard InChI is InChI=1S/C10H12N6O2/c1-11-8-13-9(16-3-2-12-6-16)15-10(14-8)18-7-4-17-5-7/h2-3,6-7H,4-5H2,1H3,(H,11,13,14,15). The number of imidazole rings is 1. The average Bonchev–Trinajstić information content (AvgIpc) is 2.87. The average molecular weight is 248 g/mol. The highest BCUT2D eigenvalue weighted by atomic mass is 16.6. The lowest BCUT2D eigenvalue weighted by molar-refractivity contribution is -0.0831. The van der Waals surface area contributed by atoms with Crippen LogP contribution in [0.25, 0.3) is 5.95 Å². The molecule has 0 bridgehead atoms. The Hall–Kier alpha value is -2.22. The van der Waals surface area contributed by atoms with E-state index in [2.05, 4.69) is 25.3 Å². The third-order valence-electron chi connectivity index (χ3n) is 2.44. The number of hydrogen-bond donors (Lipinski definition) is 1. The van der Waals surface area contributed by atoms with Crippen LogP contribution in [0.1, 0.15) is 0 Å². The Morgan fingerprint density at radius 3 is 2.89 bits per heavy atom. The van der Waals surface area contributed by atoms with Crippen molar-refractivity contribution in [1.82, 2.24) is 24.5 Å². The van der Waals surface area contributed by atoms with E-state index in [0.717, 1.165) is 0 Å². The Balaban J connectivity index is 1.90. The topological polar surface area (TPSA) is 87.0 Å². The lowest BCUT2D eigenvalue weighted by Crippen LogP contribution is -2.39. The van der Waals surface area contributed by atoms with Gasteiger partial charge in [-0.3, -0.25) is 4.57 Å². The molecule has 0 unspecified atom stereocenters. The normalized spacial score (nSPS) is 15.2. The largest absolute Gasteiger partial charge is 0.455 e. The van der Waals surface area contributed by atoms with Crippen LogP contribution in [-0.2, 0) is 4.74 Å². The Morgan fingerprint density at radius 1 is 1.39 bits per heavy atom. The molecule has 3 heterocycles. The fourth-order valence-corrected chi connectivity index (χ4v) is 1.43. The number of hydrogen-bond acceptors (Lipinski definition) is 7. The second-order valence-electron chi connectivity index (χ2n) is 3.74. The van der Waals surface area contributed by atoms with Crippen LogP contribution >= 0.6 is 0 Å². The van der Waals surface area contributed by atoms with Crippen LogP contribution in [0, 0.1) is 0 Å². The van der Waals surface area contributed by atoms with Gasteiger partial charge in [-0.05, 0) is 0 Å². The van der Waals surface area contributed by atoms with Crippen molar-refractivity contribution < 1.29 is 9.47 Å². The summed E-state index contributed by atoms with van der Waals surface area (Å²) in [6.45, 7) is 1.14. The van der Waals surface area contributed by atoms with E-state index in [1.165, 1.54) is 0 Å². The van der Waals surface area contributed by atoms with Gasteiger partial charge in [-0.2, -0.15) is 15.0 Å². The zero-order valence-electron chi connectivity index (χ0n) is 9.78. The molecule has 1 aliphatic heterocycles. The minimum absolute atomic E-state index is 0.0211. The number of rotatable bonds is 4. The molecule has 1 saturated heterocycles. The quantitative estimate of drug-likeness (QED) is 0.806. The van der Waals surface area contributed by atoms with Crippen molar-refractivity contribution in [2.75, 3.05) is 25.6 Å². The lowest BCUT2D eigenvalue weighted by atomic mass is 10.3. The number of anilines is 1. The predicted molar refractivity (Wildman–Crippen MR) is 61.7 cm³/mol. The predicted octanol–water partition coefficient (Wildman–Crippen LogP) is -0.123. The summed E-state index contributed by atoms with van der Waals surface area (Å²) in [5, 5.41) is 2.87. The van der Waals surface area contributed by atoms with Gasteiger partial charge >= 0.3 is 6.01 Å². The Kier molecular flexibility index (Phi) is 2.77. The van der Waals surface area contributed by atoms with Crippen molar-refractivity contribution in [2.24, 2.45) is 0 Å². The molecule has 0 atom stereocenters. The van der Waals surface area contributed by atoms with E-state index in [1.807, 2.05) is 0 Å². The van der Waals surface area contributed by atoms with Crippen molar-refractivity contribution in [3.05, 3.63) is 18.7 Å². The second-order valence-corrected chi connectivity index (χ2v) is 3.74. The van der Waals surface area contributed by atoms with Gasteiger partial charge in [-0.25, -0.2) is 4.98 Å². The summed E-state index contributed by atoms with van der Waals surface area (Å²) in [7, 11) is 1.74. The maximum atomic E-state index is 5.57. The summed E-state index contributed by atoms with van der Waals surface area (Å²) >= 11 is 0. The highest BCUT2D eigenvalue weighted by molar-refractivity contribution is 5.29. The van der Waals surface area contributed by atoms with E-state index in [1.54, 1.807) is 30.3 Å². The molecule has 1 fully saturated rings. The molecule has 0 radical (unpaired) electrons. The van der Waals surface area contributed by atoms with Crippen molar-refractivity contribution in [2.45, 2.75) is 6.10 Å². The summed E-state index contributed by atoms with van der Waals surface area (Å²) in [5.74, 6) is 0.908. The first-order chi connectivity index (χ1) is 8.85. The molecule has 0 amide bonds. The van der Waals surface area contributed by atoms with Crippen molar-refractivity contribution in [3.63, 3.8) is 0 Å². The maximum absolute atomic E-state index is 5.57. The van der Waals surface area contributed by atoms with Crippen LogP contribution < -0.4 is 10.1 Å². The number of nitrogens with zero attached hydrogens (tertiary/aromatic N) is 5. The van der Waals surface area contributed by atoms with Crippen molar-refractivity contribution >= 4 is 5.95 Å². The minimum Gasteiger partial charge on any atom is -0.455 e. The van der Waals surface area contributed by atoms with E-state index >= 15 is 0 Å². The maximum Gasteiger partial charge on any atom is 0.323 e. The first kappa shape index (κ1) is 10.9. The van der Waals surface area contributed by atoms with E-state index in [-0.39, 0.29) is 12.1 Å². The van der Waals surface area contributed by atoms with Gasteiger partial charge in [-0.1, -0.05) is 0 Å². The molecule has 1 N–H and O–H groups in total. The van der Waals surface area contributed by atoms with E-state index < -0.39 is 0 Å². The van der Waals surface area contributed by atoms with Gasteiger partial charge in [0.25, 0.3) is 0 Å². The number of nitrogens with one attached hydrogen (secondary N) is 1. The van der Waals surface area contributed by atoms with Gasteiger partial charge in [0.1, 0.15) is 12.4 Å². The molecule has 94 valence electrons. The zero-order valence-corrected chi connectivity index (χ0v) is 9.78. The van der Waals surface area contributed by atoms with Gasteiger partial charge in [0, 0.05) is 19.4 Å². The lowest BCUT2D eigenvalue weighted by Gasteiger charge is -2.25. The number of ether oxygens (including phenoxy) is 2. The van der Waals surface area contributed by atoms with Crippen LogP contribution in [0.2, 0.25) is 0 Å². The van der Waals surface area contributed by atoms with Gasteiger partial charge in [0.2, 0.25) is 11.9 Å². The molecule has 18 heavy (non-hydrogen) atoms. The fraction of sp³-hybridized carbons (Fsp3) is 0.400. The van der Waals surface area contributed by atoms with E-state index in [4.69, 9.17) is 9.47 Å². The van der Waals surface area contributed by atoms with Crippen LogP contribution in [0.15, 0.2) is 18.7 Å². The molecular formula is C10H12N6O2. The van der Waals surface area contributed by atoms with Gasteiger partial charge in [0.05, 0.1) is 13.2 Å². The Bertz CT molecular complexity index is 525.